The zero-order valence-electron chi connectivity index (χ0n) is 45.7. The van der Waals surface area contributed by atoms with E-state index >= 15 is 0 Å². The lowest BCUT2D eigenvalue weighted by Crippen LogP contribution is -2.17. The fourth-order valence-corrected chi connectivity index (χ4v) is 11.1. The van der Waals surface area contributed by atoms with Crippen molar-refractivity contribution in [3.63, 3.8) is 0 Å². The van der Waals surface area contributed by atoms with E-state index in [1.807, 2.05) is 0 Å². The molecule has 0 bridgehead atoms. The Hall–Kier alpha value is -7.28. The maximum absolute atomic E-state index is 2.46. The highest BCUT2D eigenvalue weighted by Crippen LogP contribution is 2.52. The highest BCUT2D eigenvalue weighted by molar-refractivity contribution is 5.87. The van der Waals surface area contributed by atoms with Crippen LogP contribution in [0.3, 0.4) is 0 Å². The minimum absolute atomic E-state index is 0.0787. The largest absolute Gasteiger partial charge is 0.0842 e. The van der Waals surface area contributed by atoms with Gasteiger partial charge in [-0.05, 0) is 199 Å². The maximum Gasteiger partial charge on any atom is 0.0164 e. The van der Waals surface area contributed by atoms with Gasteiger partial charge in [0, 0.05) is 5.41 Å². The molecule has 1 saturated carbocycles. The summed E-state index contributed by atoms with van der Waals surface area (Å²) in [5.74, 6) is 0.753. The Kier molecular flexibility index (Phi) is 16.2. The first kappa shape index (κ1) is 51.6. The molecule has 0 amide bonds. The Morgan fingerprint density at radius 1 is 0.459 bits per heavy atom. The normalized spacial score (nSPS) is 14.7. The highest BCUT2D eigenvalue weighted by atomic mass is 14.4. The van der Waals surface area contributed by atoms with Crippen molar-refractivity contribution >= 4 is 11.1 Å². The van der Waals surface area contributed by atoms with Crippen molar-refractivity contribution in [2.24, 2.45) is 0 Å². The van der Waals surface area contributed by atoms with Crippen molar-refractivity contribution in [1.29, 1.82) is 0 Å². The van der Waals surface area contributed by atoms with Crippen molar-refractivity contribution < 1.29 is 0 Å². The third kappa shape index (κ3) is 11.9. The quantitative estimate of drug-likeness (QED) is 0.149. The number of benzene rings is 8. The summed E-state index contributed by atoms with van der Waals surface area (Å²) in [4.78, 5) is 0. The molecule has 4 aliphatic carbocycles. The Labute approximate surface area is 445 Å². The Balaban J connectivity index is 0.000000126. The average Bonchev–Trinajstić information content (AvgIpc) is 4.26. The number of rotatable bonds is 7. The molecule has 0 aliphatic heterocycles. The van der Waals surface area contributed by atoms with Crippen molar-refractivity contribution in [2.75, 3.05) is 0 Å². The van der Waals surface area contributed by atoms with E-state index in [9.17, 15) is 0 Å². The molecule has 0 aromatic heterocycles. The van der Waals surface area contributed by atoms with Gasteiger partial charge in [0.15, 0.2) is 0 Å². The summed E-state index contributed by atoms with van der Waals surface area (Å²) in [7, 11) is 0. The topological polar surface area (TPSA) is 0 Å². The second-order valence-electron chi connectivity index (χ2n) is 21.7. The summed E-state index contributed by atoms with van der Waals surface area (Å²) in [5, 5.41) is 0. The van der Waals surface area contributed by atoms with Gasteiger partial charge in [-0.15, -0.1) is 0 Å². The Bertz CT molecular complexity index is 3310. The predicted octanol–water partition coefficient (Wildman–Crippen LogP) is 20.8. The molecule has 0 N–H and O–H groups in total. The van der Waals surface area contributed by atoms with Gasteiger partial charge in [0.05, 0.1) is 0 Å². The summed E-state index contributed by atoms with van der Waals surface area (Å²) in [6.07, 6.45) is 22.0. The van der Waals surface area contributed by atoms with Gasteiger partial charge in [-0.2, -0.15) is 0 Å². The molecule has 0 spiro atoms. The Morgan fingerprint density at radius 3 is 1.65 bits per heavy atom. The molecule has 0 radical (unpaired) electrons. The summed E-state index contributed by atoms with van der Waals surface area (Å²) < 4.78 is 0. The molecule has 0 saturated heterocycles. The first-order chi connectivity index (χ1) is 35.9. The number of hydrogen-bond acceptors (Lipinski definition) is 0. The number of allylic oxidation sites excluding steroid dienone is 8. The van der Waals surface area contributed by atoms with E-state index in [-0.39, 0.29) is 5.41 Å². The summed E-state index contributed by atoms with van der Waals surface area (Å²) >= 11 is 0. The molecule has 372 valence electrons. The van der Waals surface area contributed by atoms with Crippen LogP contribution in [-0.2, 0) is 11.8 Å². The minimum Gasteiger partial charge on any atom is -0.0842 e. The standard InChI is InChI=1S/C25H26.C22H22.C14H14.C13H14/c1-4-19-10-6-8-12-22(19)23-16-25(21-11-7-5-9-17(21)2)24(15-18(23)3)20-13-14-20;1-15-12-13-18-19-11-7-10-17(16-8-5-4-6-9-16)21(19)22(2,3)20(18)14-15;1-11-3-7-13(8-4-11)14-9-5-12(2)6-10-14;1-11-7-9-13(10-8-11)12-5-3-2-4-6-12/h5-12,15-16,20H,4,13-14H2,1-3H3;4-5,7-8,10-14H,6,9H2,1-3H3;3-10H,1-2H3;3,5-10H,2,4H2,1H3. The molecule has 8 aromatic rings. The van der Waals surface area contributed by atoms with Crippen molar-refractivity contribution in [2.45, 2.75) is 119 Å². The Morgan fingerprint density at radius 2 is 1.05 bits per heavy atom. The van der Waals surface area contributed by atoms with Crippen LogP contribution >= 0.6 is 0 Å². The molecule has 0 heteroatoms. The fourth-order valence-electron chi connectivity index (χ4n) is 11.1. The van der Waals surface area contributed by atoms with E-state index < -0.39 is 0 Å². The van der Waals surface area contributed by atoms with Gasteiger partial charge >= 0.3 is 0 Å². The molecule has 4 aliphatic rings. The zero-order chi connectivity index (χ0) is 51.8. The van der Waals surface area contributed by atoms with Gasteiger partial charge < -0.3 is 0 Å². The SMILES string of the molecule is CCc1ccccc1-c1cc(-c2ccccc2C)c(C2CC2)cc1C.Cc1ccc(-c2ccc(C)cc2)cc1.Cc1ccc(C2=CCCC=C2)cc1.Cc1ccc2c(c1)C(C)(C)c1c(C3=CC=CCC3)cccc1-2. The van der Waals surface area contributed by atoms with Crippen LogP contribution in [0.4, 0.5) is 0 Å². The zero-order valence-corrected chi connectivity index (χ0v) is 45.7. The van der Waals surface area contributed by atoms with Crippen LogP contribution < -0.4 is 0 Å². The summed E-state index contributed by atoms with van der Waals surface area (Å²) in [6, 6.07) is 62.3. The smallest absolute Gasteiger partial charge is 0.0164 e. The van der Waals surface area contributed by atoms with Gasteiger partial charge in [-0.25, -0.2) is 0 Å². The van der Waals surface area contributed by atoms with Gasteiger partial charge in [-0.1, -0.05) is 243 Å². The van der Waals surface area contributed by atoms with Crippen LogP contribution in [0.25, 0.3) is 55.7 Å². The number of hydrogen-bond donors (Lipinski definition) is 0. The van der Waals surface area contributed by atoms with Gasteiger partial charge in [-0.3, -0.25) is 0 Å². The lowest BCUT2D eigenvalue weighted by atomic mass is 9.77. The van der Waals surface area contributed by atoms with Gasteiger partial charge in [0.25, 0.3) is 0 Å². The predicted molar refractivity (Wildman–Crippen MR) is 322 cm³/mol. The van der Waals surface area contributed by atoms with Crippen LogP contribution in [0.2, 0.25) is 0 Å². The van der Waals surface area contributed by atoms with E-state index in [0.717, 1.165) is 25.2 Å². The first-order valence-electron chi connectivity index (χ1n) is 27.4. The summed E-state index contributed by atoms with van der Waals surface area (Å²) in [6.45, 7) is 20.0. The van der Waals surface area contributed by atoms with E-state index in [1.165, 1.54) is 143 Å². The molecule has 8 aromatic carbocycles. The molecule has 0 nitrogen and oxygen atoms in total. The molecule has 0 unspecified atom stereocenters. The van der Waals surface area contributed by atoms with E-state index in [0.29, 0.717) is 0 Å². The van der Waals surface area contributed by atoms with Crippen molar-refractivity contribution in [3.05, 3.63) is 273 Å². The number of aryl methyl sites for hydroxylation is 7. The maximum atomic E-state index is 2.46. The molecule has 12 rings (SSSR count). The first-order valence-corrected chi connectivity index (χ1v) is 27.4. The van der Waals surface area contributed by atoms with Crippen LogP contribution in [0.5, 0.6) is 0 Å². The minimum atomic E-state index is 0.0787. The van der Waals surface area contributed by atoms with Gasteiger partial charge in [0.2, 0.25) is 0 Å². The van der Waals surface area contributed by atoms with Crippen LogP contribution in [0.15, 0.2) is 206 Å². The molecule has 1 fully saturated rings. The van der Waals surface area contributed by atoms with Crippen molar-refractivity contribution in [3.8, 4) is 44.5 Å². The molecular weight excluding hydrogens is 889 g/mol. The lowest BCUT2D eigenvalue weighted by molar-refractivity contribution is 0.657. The third-order valence-corrected chi connectivity index (χ3v) is 15.5. The second kappa shape index (κ2) is 23.3. The van der Waals surface area contributed by atoms with Crippen LogP contribution in [-0.4, -0.2) is 0 Å². The van der Waals surface area contributed by atoms with E-state index in [2.05, 4.69) is 269 Å². The lowest BCUT2D eigenvalue weighted by Gasteiger charge is -2.26. The highest BCUT2D eigenvalue weighted by Gasteiger charge is 2.37. The average molecular weight is 965 g/mol. The number of fused-ring (bicyclic) bond motifs is 3. The van der Waals surface area contributed by atoms with Crippen LogP contribution in [0, 0.1) is 41.5 Å². The van der Waals surface area contributed by atoms with Crippen molar-refractivity contribution in [1.82, 2.24) is 0 Å². The second-order valence-corrected chi connectivity index (χ2v) is 21.7. The monoisotopic (exact) mass is 965 g/mol. The molecule has 0 atom stereocenters. The van der Waals surface area contributed by atoms with E-state index in [4.69, 9.17) is 0 Å². The van der Waals surface area contributed by atoms with Crippen LogP contribution in [0.1, 0.15) is 132 Å². The summed E-state index contributed by atoms with van der Waals surface area (Å²) in [5.41, 5.74) is 30.7. The molecular formula is C74H76. The fraction of sp³-hybridized carbons (Fsp3) is 0.243. The van der Waals surface area contributed by atoms with E-state index in [1.54, 1.807) is 5.56 Å². The third-order valence-electron chi connectivity index (χ3n) is 15.5. The molecule has 0 heterocycles. The molecule has 74 heavy (non-hydrogen) atoms. The van der Waals surface area contributed by atoms with Gasteiger partial charge in [0.1, 0.15) is 0 Å².